The second-order valence-corrected chi connectivity index (χ2v) is 6.77. The highest BCUT2D eigenvalue weighted by molar-refractivity contribution is 6.35. The molecule has 2 heterocycles. The summed E-state index contributed by atoms with van der Waals surface area (Å²) in [7, 11) is 0. The third kappa shape index (κ3) is 3.44. The average molecular weight is 408 g/mol. The van der Waals surface area contributed by atoms with E-state index in [0.717, 1.165) is 0 Å². The number of halogens is 2. The molecule has 0 bridgehead atoms. The van der Waals surface area contributed by atoms with Gasteiger partial charge in [0.2, 0.25) is 0 Å². The Morgan fingerprint density at radius 2 is 1.96 bits per heavy atom. The van der Waals surface area contributed by atoms with Gasteiger partial charge >= 0.3 is 0 Å². The molecule has 0 unspecified atom stereocenters. The van der Waals surface area contributed by atoms with Gasteiger partial charge in [0.15, 0.2) is 5.82 Å². The van der Waals surface area contributed by atoms with Crippen LogP contribution >= 0.6 is 23.2 Å². The second kappa shape index (κ2) is 7.35. The number of nitriles is 1. The van der Waals surface area contributed by atoms with E-state index < -0.39 is 0 Å². The number of rotatable bonds is 3. The molecule has 4 rings (SSSR count). The standard InChI is InChI=1S/C21H11Cl2N3O2/c22-13-5-7-17(23)16(10-13)19-8-6-14(28-19)9-12(11-24)20-25-18-4-2-1-3-15(18)21(27)26-20/h1-10H,(H,25,26,27)/b12-9+. The molecule has 0 spiro atoms. The summed E-state index contributed by atoms with van der Waals surface area (Å²) in [5, 5.41) is 11.0. The van der Waals surface area contributed by atoms with Gasteiger partial charge in [0.05, 0.1) is 21.5 Å². The van der Waals surface area contributed by atoms with Crippen molar-refractivity contribution in [2.45, 2.75) is 0 Å². The highest BCUT2D eigenvalue weighted by atomic mass is 35.5. The first-order valence-electron chi connectivity index (χ1n) is 8.21. The van der Waals surface area contributed by atoms with E-state index >= 15 is 0 Å². The van der Waals surface area contributed by atoms with Crippen LogP contribution in [-0.2, 0) is 0 Å². The number of para-hydroxylation sites is 1. The molecule has 0 atom stereocenters. The van der Waals surface area contributed by atoms with Gasteiger partial charge in [0.1, 0.15) is 17.6 Å². The predicted molar refractivity (Wildman–Crippen MR) is 110 cm³/mol. The quantitative estimate of drug-likeness (QED) is 0.451. The summed E-state index contributed by atoms with van der Waals surface area (Å²) in [5.74, 6) is 1.10. The first-order valence-corrected chi connectivity index (χ1v) is 8.97. The maximum Gasteiger partial charge on any atom is 0.259 e. The van der Waals surface area contributed by atoms with Crippen LogP contribution in [0.15, 0.2) is 63.8 Å². The van der Waals surface area contributed by atoms with Crippen molar-refractivity contribution in [1.29, 1.82) is 5.26 Å². The van der Waals surface area contributed by atoms with Gasteiger partial charge in [0, 0.05) is 16.7 Å². The predicted octanol–water partition coefficient (Wildman–Crippen LogP) is 5.55. The molecule has 0 radical (unpaired) electrons. The molecule has 2 aromatic carbocycles. The van der Waals surface area contributed by atoms with Gasteiger partial charge in [-0.15, -0.1) is 0 Å². The van der Waals surface area contributed by atoms with Crippen molar-refractivity contribution in [3.05, 3.63) is 86.6 Å². The zero-order valence-electron chi connectivity index (χ0n) is 14.2. The Morgan fingerprint density at radius 1 is 1.14 bits per heavy atom. The van der Waals surface area contributed by atoms with E-state index in [2.05, 4.69) is 9.97 Å². The van der Waals surface area contributed by atoms with Crippen molar-refractivity contribution in [2.75, 3.05) is 0 Å². The van der Waals surface area contributed by atoms with Crippen LogP contribution < -0.4 is 5.56 Å². The Bertz CT molecular complexity index is 1330. The molecule has 0 aliphatic carbocycles. The fourth-order valence-electron chi connectivity index (χ4n) is 2.77. The fraction of sp³-hybridized carbons (Fsp3) is 0. The lowest BCUT2D eigenvalue weighted by Gasteiger charge is -2.02. The summed E-state index contributed by atoms with van der Waals surface area (Å²) in [4.78, 5) is 19.3. The third-order valence-corrected chi connectivity index (χ3v) is 4.66. The minimum atomic E-state index is -0.312. The Hall–Kier alpha value is -3.33. The summed E-state index contributed by atoms with van der Waals surface area (Å²) < 4.78 is 5.79. The largest absolute Gasteiger partial charge is 0.457 e. The lowest BCUT2D eigenvalue weighted by atomic mass is 10.2. The number of fused-ring (bicyclic) bond motifs is 1. The number of aromatic amines is 1. The van der Waals surface area contributed by atoms with Gasteiger partial charge in [-0.1, -0.05) is 35.3 Å². The van der Waals surface area contributed by atoms with Gasteiger partial charge in [-0.05, 0) is 42.5 Å². The van der Waals surface area contributed by atoms with Gasteiger partial charge in [-0.25, -0.2) is 4.98 Å². The van der Waals surface area contributed by atoms with Gasteiger partial charge in [0.25, 0.3) is 5.56 Å². The van der Waals surface area contributed by atoms with E-state index in [0.29, 0.717) is 38.0 Å². The normalized spacial score (nSPS) is 11.5. The van der Waals surface area contributed by atoms with E-state index in [1.165, 1.54) is 6.08 Å². The van der Waals surface area contributed by atoms with Gasteiger partial charge in [-0.3, -0.25) is 4.79 Å². The molecule has 0 aliphatic heterocycles. The van der Waals surface area contributed by atoms with Crippen LogP contribution in [0.5, 0.6) is 0 Å². The topological polar surface area (TPSA) is 82.7 Å². The van der Waals surface area contributed by atoms with Crippen LogP contribution in [0.2, 0.25) is 10.0 Å². The van der Waals surface area contributed by atoms with Crippen LogP contribution in [0.25, 0.3) is 33.9 Å². The van der Waals surface area contributed by atoms with Crippen molar-refractivity contribution in [3.8, 4) is 17.4 Å². The molecule has 28 heavy (non-hydrogen) atoms. The Balaban J connectivity index is 1.76. The van der Waals surface area contributed by atoms with E-state index in [1.54, 1.807) is 54.6 Å². The zero-order chi connectivity index (χ0) is 19.7. The number of furan rings is 1. The van der Waals surface area contributed by atoms with Crippen LogP contribution in [0.4, 0.5) is 0 Å². The molecule has 136 valence electrons. The summed E-state index contributed by atoms with van der Waals surface area (Å²) in [6.45, 7) is 0. The molecular weight excluding hydrogens is 397 g/mol. The first kappa shape index (κ1) is 18.1. The molecular formula is C21H11Cl2N3O2. The highest BCUT2D eigenvalue weighted by Crippen LogP contribution is 2.32. The Morgan fingerprint density at radius 3 is 2.79 bits per heavy atom. The average Bonchev–Trinajstić information content (AvgIpc) is 3.16. The number of hydrogen-bond donors (Lipinski definition) is 1. The molecule has 1 N–H and O–H groups in total. The number of nitrogens with zero attached hydrogens (tertiary/aromatic N) is 2. The SMILES string of the molecule is N#C/C(=C\c1ccc(-c2cc(Cl)ccc2Cl)o1)c1nc2ccccc2c(=O)[nH]1. The number of benzene rings is 2. The minimum Gasteiger partial charge on any atom is -0.457 e. The van der Waals surface area contributed by atoms with Crippen molar-refractivity contribution in [3.63, 3.8) is 0 Å². The smallest absolute Gasteiger partial charge is 0.259 e. The maximum absolute atomic E-state index is 12.2. The van der Waals surface area contributed by atoms with Crippen molar-refractivity contribution in [2.24, 2.45) is 0 Å². The molecule has 5 nitrogen and oxygen atoms in total. The van der Waals surface area contributed by atoms with Gasteiger partial charge < -0.3 is 9.40 Å². The van der Waals surface area contributed by atoms with Crippen molar-refractivity contribution in [1.82, 2.24) is 9.97 Å². The van der Waals surface area contributed by atoms with Crippen molar-refractivity contribution < 1.29 is 4.42 Å². The molecule has 2 aromatic heterocycles. The van der Waals surface area contributed by atoms with Crippen LogP contribution in [-0.4, -0.2) is 9.97 Å². The molecule has 0 aliphatic rings. The van der Waals surface area contributed by atoms with E-state index in [4.69, 9.17) is 27.6 Å². The van der Waals surface area contributed by atoms with E-state index in [9.17, 15) is 10.1 Å². The number of H-pyrrole nitrogens is 1. The number of nitrogens with one attached hydrogen (secondary N) is 1. The molecule has 0 amide bonds. The van der Waals surface area contributed by atoms with Gasteiger partial charge in [-0.2, -0.15) is 5.26 Å². The number of hydrogen-bond acceptors (Lipinski definition) is 4. The van der Waals surface area contributed by atoms with E-state index in [1.807, 2.05) is 6.07 Å². The second-order valence-electron chi connectivity index (χ2n) is 5.93. The summed E-state index contributed by atoms with van der Waals surface area (Å²) >= 11 is 12.2. The van der Waals surface area contributed by atoms with Crippen LogP contribution in [0.3, 0.4) is 0 Å². The Kier molecular flexibility index (Phi) is 4.74. The summed E-state index contributed by atoms with van der Waals surface area (Å²) in [6, 6.07) is 17.5. The first-order chi connectivity index (χ1) is 13.5. The monoisotopic (exact) mass is 407 g/mol. The summed E-state index contributed by atoms with van der Waals surface area (Å²) in [5.41, 5.74) is 1.01. The lowest BCUT2D eigenvalue weighted by Crippen LogP contribution is -2.11. The molecule has 0 saturated heterocycles. The van der Waals surface area contributed by atoms with Crippen molar-refractivity contribution >= 4 is 45.8 Å². The molecule has 0 saturated carbocycles. The zero-order valence-corrected chi connectivity index (χ0v) is 15.8. The number of aromatic nitrogens is 2. The molecule has 7 heteroatoms. The molecule has 4 aromatic rings. The maximum atomic E-state index is 12.2. The Labute approximate surface area is 169 Å². The summed E-state index contributed by atoms with van der Waals surface area (Å²) in [6.07, 6.45) is 1.51. The lowest BCUT2D eigenvalue weighted by molar-refractivity contribution is 0.572. The van der Waals surface area contributed by atoms with E-state index in [-0.39, 0.29) is 17.0 Å². The van der Waals surface area contributed by atoms with Crippen LogP contribution in [0.1, 0.15) is 11.6 Å². The molecule has 0 fully saturated rings. The van der Waals surface area contributed by atoms with Crippen LogP contribution in [0, 0.1) is 11.3 Å². The number of allylic oxidation sites excluding steroid dienone is 1. The third-order valence-electron chi connectivity index (χ3n) is 4.10. The fourth-order valence-corrected chi connectivity index (χ4v) is 3.15. The minimum absolute atomic E-state index is 0.168. The highest BCUT2D eigenvalue weighted by Gasteiger charge is 2.12.